The van der Waals surface area contributed by atoms with Gasteiger partial charge in [0, 0.05) is 22.7 Å². The van der Waals surface area contributed by atoms with E-state index in [1.54, 1.807) is 12.1 Å². The molecule has 2 N–H and O–H groups in total. The molecule has 0 fully saturated rings. The van der Waals surface area contributed by atoms with Gasteiger partial charge in [0.1, 0.15) is 0 Å². The lowest BCUT2D eigenvalue weighted by Crippen LogP contribution is -2.23. The van der Waals surface area contributed by atoms with E-state index in [2.05, 4.69) is 56.4 Å². The van der Waals surface area contributed by atoms with Gasteiger partial charge in [0.2, 0.25) is 5.91 Å². The van der Waals surface area contributed by atoms with Gasteiger partial charge in [-0.2, -0.15) is 8.42 Å². The molecule has 6 nitrogen and oxygen atoms in total. The molecule has 0 saturated carbocycles. The van der Waals surface area contributed by atoms with E-state index in [4.69, 9.17) is 16.2 Å². The fourth-order valence-electron chi connectivity index (χ4n) is 6.71. The molecule has 0 unspecified atom stereocenters. The average molecular weight is 712 g/mol. The first kappa shape index (κ1) is 37.2. The van der Waals surface area contributed by atoms with Crippen molar-refractivity contribution in [1.82, 2.24) is 0 Å². The highest BCUT2D eigenvalue weighted by molar-refractivity contribution is 7.85. The minimum absolute atomic E-state index is 0.0141. The van der Waals surface area contributed by atoms with E-state index in [9.17, 15) is 18.0 Å². The summed E-state index contributed by atoms with van der Waals surface area (Å²) in [6.45, 7) is 8.95. The molecule has 8 heteroatoms. The monoisotopic (exact) mass is 711 g/mol. The molecule has 4 aromatic rings. The smallest absolute Gasteiger partial charge is 0.264 e. The Kier molecular flexibility index (Phi) is 11.8. The van der Waals surface area contributed by atoms with E-state index < -0.39 is 21.8 Å². The number of hydrogen-bond donors (Lipinski definition) is 2. The molecule has 1 aliphatic rings. The van der Waals surface area contributed by atoms with E-state index in [0.717, 1.165) is 47.1 Å². The van der Waals surface area contributed by atoms with Gasteiger partial charge in [-0.05, 0) is 114 Å². The lowest BCUT2D eigenvalue weighted by molar-refractivity contribution is -0.117. The van der Waals surface area contributed by atoms with Crippen LogP contribution in [0.25, 0.3) is 16.7 Å². The van der Waals surface area contributed by atoms with Gasteiger partial charge in [-0.1, -0.05) is 105 Å². The molecule has 0 heterocycles. The van der Waals surface area contributed by atoms with Gasteiger partial charge in [-0.25, -0.2) is 0 Å². The lowest BCUT2D eigenvalue weighted by Gasteiger charge is -2.33. The molecule has 4 aromatic carbocycles. The third kappa shape index (κ3) is 10.0. The molecule has 262 valence electrons. The van der Waals surface area contributed by atoms with Crippen molar-refractivity contribution in [3.8, 4) is 11.1 Å². The number of amides is 1. The van der Waals surface area contributed by atoms with Crippen molar-refractivity contribution in [1.29, 1.82) is 0 Å². The standard InChI is InChI=1S/C42H46ClNO5S/c1-28-26-36(43)21-24-38(28)32-17-22-37(23-18-32)44-41(46)39(27-29-7-9-34(10-8-29)40(45)6-5-25-50(47,48)49)33-13-11-30(12-14-33)31-15-19-35(20-16-31)42(2,3)4/h7-15,17-18,21-24,26,35,39H,5-6,16,19-20,25,27H2,1-4H3,(H,44,46)(H,47,48,49)/t35-,39+/m0/s1. The van der Waals surface area contributed by atoms with Crippen molar-refractivity contribution >= 4 is 44.7 Å². The Morgan fingerprint density at radius 1 is 0.920 bits per heavy atom. The van der Waals surface area contributed by atoms with Gasteiger partial charge in [-0.15, -0.1) is 0 Å². The number of benzene rings is 4. The number of carbonyl (C=O) groups is 2. The van der Waals surface area contributed by atoms with Crippen LogP contribution in [0, 0.1) is 18.3 Å². The third-order valence-electron chi connectivity index (χ3n) is 9.81. The Morgan fingerprint density at radius 3 is 2.16 bits per heavy atom. The van der Waals surface area contributed by atoms with Crippen molar-refractivity contribution in [2.24, 2.45) is 11.3 Å². The number of allylic oxidation sites excluding steroid dienone is 2. The van der Waals surface area contributed by atoms with E-state index >= 15 is 0 Å². The lowest BCUT2D eigenvalue weighted by atomic mass is 9.72. The maximum atomic E-state index is 14.0. The molecule has 0 bridgehead atoms. The summed E-state index contributed by atoms with van der Waals surface area (Å²) in [7, 11) is -4.11. The fourth-order valence-corrected chi connectivity index (χ4v) is 7.45. The molecule has 1 amide bonds. The number of halogens is 1. The first-order valence-electron chi connectivity index (χ1n) is 17.2. The molecule has 5 rings (SSSR count). The molecular weight excluding hydrogens is 666 g/mol. The fraction of sp³-hybridized carbons (Fsp3) is 0.333. The SMILES string of the molecule is Cc1cc(Cl)ccc1-c1ccc(NC(=O)[C@H](Cc2ccc(C(=O)CCCS(=O)(=O)O)cc2)c2ccc(C3=CC[C@H](C(C)(C)C)CC3)cc2)cc1. The van der Waals surface area contributed by atoms with E-state index in [1.807, 2.05) is 61.5 Å². The highest BCUT2D eigenvalue weighted by atomic mass is 35.5. The van der Waals surface area contributed by atoms with Gasteiger partial charge < -0.3 is 5.32 Å². The zero-order valence-electron chi connectivity index (χ0n) is 29.2. The van der Waals surface area contributed by atoms with Crippen LogP contribution in [-0.4, -0.2) is 30.4 Å². The van der Waals surface area contributed by atoms with E-state index in [0.29, 0.717) is 28.6 Å². The summed E-state index contributed by atoms with van der Waals surface area (Å²) in [5.74, 6) is -0.619. The maximum Gasteiger partial charge on any atom is 0.264 e. The second kappa shape index (κ2) is 15.9. The van der Waals surface area contributed by atoms with Gasteiger partial charge in [0.05, 0.1) is 11.7 Å². The first-order chi connectivity index (χ1) is 23.7. The number of Topliss-reactive ketones (excluding diaryl/α,β-unsaturated/α-hetero) is 1. The molecule has 2 atom stereocenters. The Balaban J connectivity index is 1.35. The minimum Gasteiger partial charge on any atom is -0.326 e. The van der Waals surface area contributed by atoms with E-state index in [-0.39, 0.29) is 29.9 Å². The van der Waals surface area contributed by atoms with Crippen LogP contribution in [-0.2, 0) is 21.3 Å². The van der Waals surface area contributed by atoms with Gasteiger partial charge >= 0.3 is 0 Å². The van der Waals surface area contributed by atoms with Crippen molar-refractivity contribution < 1.29 is 22.6 Å². The molecule has 0 aromatic heterocycles. The Morgan fingerprint density at radius 2 is 1.58 bits per heavy atom. The minimum atomic E-state index is -4.11. The highest BCUT2D eigenvalue weighted by Crippen LogP contribution is 2.40. The van der Waals surface area contributed by atoms with Crippen molar-refractivity contribution in [3.63, 3.8) is 0 Å². The number of aryl methyl sites for hydroxylation is 1. The van der Waals surface area contributed by atoms with Crippen LogP contribution >= 0.6 is 11.6 Å². The number of carbonyl (C=O) groups excluding carboxylic acids is 2. The van der Waals surface area contributed by atoms with Crippen LogP contribution in [0.4, 0.5) is 5.69 Å². The van der Waals surface area contributed by atoms with Crippen LogP contribution in [0.2, 0.25) is 5.02 Å². The zero-order valence-corrected chi connectivity index (χ0v) is 30.8. The van der Waals surface area contributed by atoms with Gasteiger partial charge in [0.15, 0.2) is 5.78 Å². The Labute approximate surface area is 301 Å². The second-order valence-corrected chi connectivity index (χ2v) is 16.5. The van der Waals surface area contributed by atoms with Crippen molar-refractivity contribution in [2.75, 3.05) is 11.1 Å². The summed E-state index contributed by atoms with van der Waals surface area (Å²) in [5.41, 5.74) is 8.94. The quantitative estimate of drug-likeness (QED) is 0.113. The molecule has 0 radical (unpaired) electrons. The predicted molar refractivity (Wildman–Crippen MR) is 204 cm³/mol. The molecule has 1 aliphatic carbocycles. The topological polar surface area (TPSA) is 101 Å². The normalized spacial score (nSPS) is 15.6. The summed E-state index contributed by atoms with van der Waals surface area (Å²) >= 11 is 6.16. The number of hydrogen-bond acceptors (Lipinski definition) is 4. The average Bonchev–Trinajstić information content (AvgIpc) is 3.07. The second-order valence-electron chi connectivity index (χ2n) is 14.5. The van der Waals surface area contributed by atoms with Gasteiger partial charge in [-0.3, -0.25) is 14.1 Å². The molecular formula is C42H46ClNO5S. The predicted octanol–water partition coefficient (Wildman–Crippen LogP) is 10.4. The van der Waals surface area contributed by atoms with Crippen LogP contribution in [0.1, 0.15) is 91.4 Å². The number of anilines is 1. The van der Waals surface area contributed by atoms with Crippen LogP contribution in [0.3, 0.4) is 0 Å². The zero-order chi connectivity index (χ0) is 36.1. The molecule has 50 heavy (non-hydrogen) atoms. The maximum absolute atomic E-state index is 14.0. The number of nitrogens with one attached hydrogen (secondary N) is 1. The van der Waals surface area contributed by atoms with E-state index in [1.165, 1.54) is 11.1 Å². The molecule has 0 saturated heterocycles. The number of rotatable bonds is 12. The summed E-state index contributed by atoms with van der Waals surface area (Å²) in [6.07, 6.45) is 6.13. The van der Waals surface area contributed by atoms with Crippen LogP contribution < -0.4 is 5.32 Å². The summed E-state index contributed by atoms with van der Waals surface area (Å²) < 4.78 is 31.0. The van der Waals surface area contributed by atoms with Crippen LogP contribution in [0.15, 0.2) is 97.1 Å². The number of ketones is 1. The van der Waals surface area contributed by atoms with Crippen LogP contribution in [0.5, 0.6) is 0 Å². The summed E-state index contributed by atoms with van der Waals surface area (Å²) in [6, 6.07) is 29.0. The summed E-state index contributed by atoms with van der Waals surface area (Å²) in [4.78, 5) is 26.6. The van der Waals surface area contributed by atoms with Crippen molar-refractivity contribution in [2.45, 2.75) is 72.1 Å². The largest absolute Gasteiger partial charge is 0.326 e. The molecule has 0 spiro atoms. The third-order valence-corrected chi connectivity index (χ3v) is 10.8. The van der Waals surface area contributed by atoms with Gasteiger partial charge in [0.25, 0.3) is 10.1 Å². The Hall–Kier alpha value is -4.04. The Bertz CT molecular complexity index is 1960. The molecule has 0 aliphatic heterocycles. The highest BCUT2D eigenvalue weighted by Gasteiger charge is 2.27. The first-order valence-corrected chi connectivity index (χ1v) is 19.2. The summed E-state index contributed by atoms with van der Waals surface area (Å²) in [5, 5.41) is 3.82. The van der Waals surface area contributed by atoms with Crippen molar-refractivity contribution in [3.05, 3.63) is 130 Å².